The Labute approximate surface area is 196 Å². The fourth-order valence-electron chi connectivity index (χ4n) is 3.92. The van der Waals surface area contributed by atoms with Crippen molar-refractivity contribution >= 4 is 33.2 Å². The van der Waals surface area contributed by atoms with E-state index in [1.165, 1.54) is 4.31 Å². The number of nitrogens with one attached hydrogen (secondary N) is 2. The minimum atomic E-state index is -3.65. The molecule has 33 heavy (non-hydrogen) atoms. The average molecular weight is 473 g/mol. The highest BCUT2D eigenvalue weighted by atomic mass is 32.2. The third kappa shape index (κ3) is 6.11. The van der Waals surface area contributed by atoms with Crippen molar-refractivity contribution in [1.82, 2.24) is 9.62 Å². The molecule has 0 unspecified atom stereocenters. The van der Waals surface area contributed by atoms with Crippen LogP contribution in [0.4, 0.5) is 11.4 Å². The average Bonchev–Trinajstić information content (AvgIpc) is 3.35. The van der Waals surface area contributed by atoms with Gasteiger partial charge in [-0.3, -0.25) is 9.59 Å². The van der Waals surface area contributed by atoms with Crippen LogP contribution >= 0.6 is 0 Å². The number of sulfonamides is 1. The van der Waals surface area contributed by atoms with Gasteiger partial charge in [-0.2, -0.15) is 4.31 Å². The van der Waals surface area contributed by atoms with Crippen molar-refractivity contribution < 1.29 is 18.0 Å². The van der Waals surface area contributed by atoms with E-state index in [1.807, 2.05) is 6.07 Å². The third-order valence-electron chi connectivity index (χ3n) is 5.71. The van der Waals surface area contributed by atoms with Crippen molar-refractivity contribution in [2.45, 2.75) is 38.0 Å². The molecule has 2 N–H and O–H groups in total. The molecule has 9 heteroatoms. The van der Waals surface area contributed by atoms with Crippen LogP contribution in [0.5, 0.6) is 0 Å². The second kappa shape index (κ2) is 11.3. The largest absolute Gasteiger partial charge is 0.370 e. The molecule has 2 amide bonds. The van der Waals surface area contributed by atoms with Crippen molar-refractivity contribution in [3.05, 3.63) is 54.1 Å². The first kappa shape index (κ1) is 24.7. The lowest BCUT2D eigenvalue weighted by Crippen LogP contribution is -2.31. The molecule has 0 spiro atoms. The number of rotatable bonds is 10. The Morgan fingerprint density at radius 3 is 2.30 bits per heavy atom. The van der Waals surface area contributed by atoms with Gasteiger partial charge in [0.1, 0.15) is 0 Å². The number of benzene rings is 2. The highest BCUT2D eigenvalue weighted by Gasteiger charge is 2.25. The molecule has 0 aromatic heterocycles. The summed E-state index contributed by atoms with van der Waals surface area (Å²) < 4.78 is 27.4. The lowest BCUT2D eigenvalue weighted by molar-refractivity contribution is -0.116. The van der Waals surface area contributed by atoms with Gasteiger partial charge in [0.05, 0.1) is 16.3 Å². The quantitative estimate of drug-likeness (QED) is 0.554. The fraction of sp³-hybridized carbons (Fsp3) is 0.417. The summed E-state index contributed by atoms with van der Waals surface area (Å²) in [7, 11) is -3.65. The maximum absolute atomic E-state index is 13.0. The molecule has 1 saturated heterocycles. The predicted octanol–water partition coefficient (Wildman–Crippen LogP) is 3.08. The molecule has 0 atom stereocenters. The molecule has 8 nitrogen and oxygen atoms in total. The van der Waals surface area contributed by atoms with E-state index in [0.29, 0.717) is 24.3 Å². The van der Waals surface area contributed by atoms with Crippen molar-refractivity contribution in [2.75, 3.05) is 42.9 Å². The van der Waals surface area contributed by atoms with Gasteiger partial charge in [-0.25, -0.2) is 8.42 Å². The second-order valence-corrected chi connectivity index (χ2v) is 9.82. The van der Waals surface area contributed by atoms with Gasteiger partial charge in [-0.05, 0) is 43.2 Å². The summed E-state index contributed by atoms with van der Waals surface area (Å²) in [4.78, 5) is 27.1. The van der Waals surface area contributed by atoms with E-state index in [9.17, 15) is 18.0 Å². The van der Waals surface area contributed by atoms with Gasteiger partial charge in [-0.15, -0.1) is 0 Å². The van der Waals surface area contributed by atoms with Gasteiger partial charge in [0.15, 0.2) is 0 Å². The van der Waals surface area contributed by atoms with E-state index in [-0.39, 0.29) is 29.7 Å². The van der Waals surface area contributed by atoms with Gasteiger partial charge in [0.2, 0.25) is 15.9 Å². The molecular weight excluding hydrogens is 440 g/mol. The maximum atomic E-state index is 13.0. The van der Waals surface area contributed by atoms with Crippen LogP contribution in [0.25, 0.3) is 0 Å². The van der Waals surface area contributed by atoms with Crippen LogP contribution in [0, 0.1) is 0 Å². The molecule has 0 saturated carbocycles. The van der Waals surface area contributed by atoms with E-state index in [0.717, 1.165) is 31.6 Å². The van der Waals surface area contributed by atoms with Crippen LogP contribution in [0.15, 0.2) is 53.4 Å². The SMILES string of the molecule is CCN(CC)S(=O)(=O)c1ccc(N2CCCC2)c(NC(=O)CCNC(=O)c2ccccc2)c1. The number of anilines is 2. The smallest absolute Gasteiger partial charge is 0.251 e. The number of amides is 2. The molecule has 0 radical (unpaired) electrons. The molecule has 1 aliphatic rings. The summed E-state index contributed by atoms with van der Waals surface area (Å²) in [5.41, 5.74) is 1.82. The number of hydrogen-bond donors (Lipinski definition) is 2. The van der Waals surface area contributed by atoms with Crippen LogP contribution in [0.3, 0.4) is 0 Å². The Balaban J connectivity index is 1.73. The summed E-state index contributed by atoms with van der Waals surface area (Å²) in [6.45, 7) is 6.23. The summed E-state index contributed by atoms with van der Waals surface area (Å²) in [6.07, 6.45) is 2.18. The normalized spacial score (nSPS) is 13.8. The summed E-state index contributed by atoms with van der Waals surface area (Å²) >= 11 is 0. The zero-order valence-corrected chi connectivity index (χ0v) is 20.0. The predicted molar refractivity (Wildman–Crippen MR) is 130 cm³/mol. The van der Waals surface area contributed by atoms with E-state index >= 15 is 0 Å². The van der Waals surface area contributed by atoms with Crippen molar-refractivity contribution in [3.8, 4) is 0 Å². The molecule has 3 rings (SSSR count). The van der Waals surface area contributed by atoms with Crippen LogP contribution in [0.1, 0.15) is 43.5 Å². The minimum Gasteiger partial charge on any atom is -0.370 e. The summed E-state index contributed by atoms with van der Waals surface area (Å²) in [6, 6.07) is 13.7. The minimum absolute atomic E-state index is 0.0744. The first-order chi connectivity index (χ1) is 15.9. The van der Waals surface area contributed by atoms with Crippen molar-refractivity contribution in [3.63, 3.8) is 0 Å². The van der Waals surface area contributed by atoms with Crippen molar-refractivity contribution in [1.29, 1.82) is 0 Å². The lowest BCUT2D eigenvalue weighted by atomic mass is 10.2. The Bertz CT molecular complexity index is 1060. The van der Waals surface area contributed by atoms with E-state index in [1.54, 1.807) is 56.3 Å². The number of nitrogens with zero attached hydrogens (tertiary/aromatic N) is 2. The van der Waals surface area contributed by atoms with Crippen molar-refractivity contribution in [2.24, 2.45) is 0 Å². The standard InChI is InChI=1S/C24H32N4O4S/c1-3-28(4-2)33(31,32)20-12-13-22(27-16-8-9-17-27)21(18-20)26-23(29)14-15-25-24(30)19-10-6-5-7-11-19/h5-7,10-13,18H,3-4,8-9,14-17H2,1-2H3,(H,25,30)(H,26,29). The number of hydrogen-bond acceptors (Lipinski definition) is 5. The molecule has 1 heterocycles. The highest BCUT2D eigenvalue weighted by Crippen LogP contribution is 2.32. The second-order valence-electron chi connectivity index (χ2n) is 7.88. The Morgan fingerprint density at radius 1 is 1.00 bits per heavy atom. The van der Waals surface area contributed by atoms with Gasteiger partial charge >= 0.3 is 0 Å². The Hall–Kier alpha value is -2.91. The van der Waals surface area contributed by atoms with Crippen LogP contribution in [0.2, 0.25) is 0 Å². The molecule has 2 aromatic rings. The van der Waals surface area contributed by atoms with Gasteiger partial charge in [0.25, 0.3) is 5.91 Å². The van der Waals surface area contributed by atoms with Gasteiger partial charge < -0.3 is 15.5 Å². The zero-order valence-electron chi connectivity index (χ0n) is 19.2. The first-order valence-electron chi connectivity index (χ1n) is 11.4. The van der Waals surface area contributed by atoms with Crippen LogP contribution < -0.4 is 15.5 Å². The van der Waals surface area contributed by atoms with Gasteiger partial charge in [0, 0.05) is 44.7 Å². The molecule has 1 fully saturated rings. The molecule has 178 valence electrons. The molecule has 0 aliphatic carbocycles. The van der Waals surface area contributed by atoms with E-state index in [4.69, 9.17) is 0 Å². The zero-order chi connectivity index (χ0) is 23.8. The van der Waals surface area contributed by atoms with E-state index in [2.05, 4.69) is 15.5 Å². The molecule has 0 bridgehead atoms. The highest BCUT2D eigenvalue weighted by molar-refractivity contribution is 7.89. The van der Waals surface area contributed by atoms with Gasteiger partial charge in [-0.1, -0.05) is 32.0 Å². The number of carbonyl (C=O) groups is 2. The number of carbonyl (C=O) groups excluding carboxylic acids is 2. The monoisotopic (exact) mass is 472 g/mol. The summed E-state index contributed by atoms with van der Waals surface area (Å²) in [5, 5.41) is 5.61. The first-order valence-corrected chi connectivity index (χ1v) is 12.8. The summed E-state index contributed by atoms with van der Waals surface area (Å²) in [5.74, 6) is -0.533. The fourth-order valence-corrected chi connectivity index (χ4v) is 5.40. The molecule has 1 aliphatic heterocycles. The Kier molecular flexibility index (Phi) is 8.46. The Morgan fingerprint density at radius 2 is 1.67 bits per heavy atom. The van der Waals surface area contributed by atoms with E-state index < -0.39 is 10.0 Å². The maximum Gasteiger partial charge on any atom is 0.251 e. The van der Waals surface area contributed by atoms with Crippen LogP contribution in [-0.2, 0) is 14.8 Å². The third-order valence-corrected chi connectivity index (χ3v) is 7.75. The molecule has 2 aromatic carbocycles. The molecular formula is C24H32N4O4S. The topological polar surface area (TPSA) is 98.8 Å². The lowest BCUT2D eigenvalue weighted by Gasteiger charge is -2.24. The van der Waals surface area contributed by atoms with Crippen LogP contribution in [-0.4, -0.2) is 57.3 Å².